The minimum absolute atomic E-state index is 0.189. The zero-order valence-corrected chi connectivity index (χ0v) is 15.3. The molecule has 0 radical (unpaired) electrons. The number of anilines is 1. The summed E-state index contributed by atoms with van der Waals surface area (Å²) in [5.74, 6) is 0.539. The third-order valence-electron chi connectivity index (χ3n) is 6.02. The van der Waals surface area contributed by atoms with E-state index in [1.165, 1.54) is 12.8 Å². The van der Waals surface area contributed by atoms with Crippen LogP contribution in [0.1, 0.15) is 64.2 Å². The van der Waals surface area contributed by atoms with Gasteiger partial charge in [-0.1, -0.05) is 24.3 Å². The maximum absolute atomic E-state index is 12.4. The first-order valence-corrected chi connectivity index (χ1v) is 9.87. The number of amides is 1. The Balaban J connectivity index is 1.41. The summed E-state index contributed by atoms with van der Waals surface area (Å²) >= 11 is 0. The second kappa shape index (κ2) is 6.22. The monoisotopic (exact) mass is 361 g/mol. The van der Waals surface area contributed by atoms with E-state index in [2.05, 4.69) is 12.1 Å². The van der Waals surface area contributed by atoms with Crippen LogP contribution in [0.25, 0.3) is 0 Å². The largest absolute Gasteiger partial charge is 0.478 e. The molecule has 138 valence electrons. The van der Waals surface area contributed by atoms with Gasteiger partial charge in [-0.2, -0.15) is 0 Å². The number of aromatic carboxylic acids is 1. The molecule has 2 aliphatic carbocycles. The van der Waals surface area contributed by atoms with Gasteiger partial charge in [0.1, 0.15) is 0 Å². The van der Waals surface area contributed by atoms with Crippen LogP contribution >= 0.6 is 0 Å². The molecule has 1 amide bonds. The Morgan fingerprint density at radius 2 is 1.89 bits per heavy atom. The maximum Gasteiger partial charge on any atom is 0.335 e. The molecule has 4 nitrogen and oxygen atoms in total. The summed E-state index contributed by atoms with van der Waals surface area (Å²) in [5, 5.41) is 9.63. The summed E-state index contributed by atoms with van der Waals surface area (Å²) in [4.78, 5) is 26.0. The van der Waals surface area contributed by atoms with E-state index in [-0.39, 0.29) is 5.91 Å². The summed E-state index contributed by atoms with van der Waals surface area (Å²) in [5.41, 5.74) is 5.57. The Hall–Kier alpha value is -2.62. The minimum Gasteiger partial charge on any atom is -0.478 e. The van der Waals surface area contributed by atoms with Crippen LogP contribution in [0.3, 0.4) is 0 Å². The summed E-state index contributed by atoms with van der Waals surface area (Å²) in [6.07, 6.45) is 5.82. The number of carbonyl (C=O) groups is 2. The molecule has 5 rings (SSSR count). The van der Waals surface area contributed by atoms with E-state index in [0.717, 1.165) is 47.3 Å². The predicted molar refractivity (Wildman–Crippen MR) is 103 cm³/mol. The average Bonchev–Trinajstić information content (AvgIpc) is 3.54. The molecule has 2 aromatic carbocycles. The summed E-state index contributed by atoms with van der Waals surface area (Å²) < 4.78 is 0. The van der Waals surface area contributed by atoms with Gasteiger partial charge < -0.3 is 10.0 Å². The number of benzene rings is 2. The molecule has 1 heterocycles. The van der Waals surface area contributed by atoms with Crippen LogP contribution in [0.5, 0.6) is 0 Å². The van der Waals surface area contributed by atoms with Crippen molar-refractivity contribution < 1.29 is 14.7 Å². The fourth-order valence-corrected chi connectivity index (χ4v) is 4.14. The molecule has 0 aromatic heterocycles. The molecule has 0 bridgehead atoms. The number of hydrogen-bond acceptors (Lipinski definition) is 2. The van der Waals surface area contributed by atoms with Crippen LogP contribution in [-0.2, 0) is 17.6 Å². The van der Waals surface area contributed by atoms with Gasteiger partial charge in [0.15, 0.2) is 0 Å². The van der Waals surface area contributed by atoms with Gasteiger partial charge in [0, 0.05) is 12.2 Å². The smallest absolute Gasteiger partial charge is 0.335 e. The van der Waals surface area contributed by atoms with E-state index in [0.29, 0.717) is 30.2 Å². The van der Waals surface area contributed by atoms with Gasteiger partial charge in [0.25, 0.3) is 0 Å². The molecular weight excluding hydrogens is 338 g/mol. The SMILES string of the molecule is O=C(O)c1cc(C2CC2)ccc1Cc1ccc2c(c1)CC(=O)N2CC1CC1. The number of carbonyl (C=O) groups excluding carboxylic acids is 1. The number of fused-ring (bicyclic) bond motifs is 1. The molecule has 2 saturated carbocycles. The quantitative estimate of drug-likeness (QED) is 0.841. The molecular formula is C23H23NO3. The molecule has 0 atom stereocenters. The van der Waals surface area contributed by atoms with Gasteiger partial charge in [0.05, 0.1) is 12.0 Å². The van der Waals surface area contributed by atoms with Crippen molar-refractivity contribution in [2.45, 2.75) is 44.4 Å². The molecule has 0 unspecified atom stereocenters. The second-order valence-corrected chi connectivity index (χ2v) is 8.26. The zero-order valence-electron chi connectivity index (χ0n) is 15.3. The number of rotatable bonds is 6. The van der Waals surface area contributed by atoms with Crippen molar-refractivity contribution in [3.8, 4) is 0 Å². The van der Waals surface area contributed by atoms with E-state index in [1.54, 1.807) is 0 Å². The fraction of sp³-hybridized carbons (Fsp3) is 0.391. The Kier molecular flexibility index (Phi) is 3.81. The first-order valence-electron chi connectivity index (χ1n) is 9.87. The van der Waals surface area contributed by atoms with Gasteiger partial charge in [-0.15, -0.1) is 0 Å². The molecule has 2 fully saturated rings. The van der Waals surface area contributed by atoms with Crippen molar-refractivity contribution in [1.82, 2.24) is 0 Å². The molecule has 0 spiro atoms. The highest BCUT2D eigenvalue weighted by atomic mass is 16.4. The van der Waals surface area contributed by atoms with Crippen molar-refractivity contribution in [3.05, 3.63) is 64.2 Å². The summed E-state index contributed by atoms with van der Waals surface area (Å²) in [6.45, 7) is 0.844. The lowest BCUT2D eigenvalue weighted by atomic mass is 9.95. The summed E-state index contributed by atoms with van der Waals surface area (Å²) in [7, 11) is 0. The van der Waals surface area contributed by atoms with Crippen molar-refractivity contribution in [3.63, 3.8) is 0 Å². The highest BCUT2D eigenvalue weighted by molar-refractivity contribution is 6.01. The number of carboxylic acid groups (broad SMARTS) is 1. The Bertz CT molecular complexity index is 941. The van der Waals surface area contributed by atoms with E-state index in [9.17, 15) is 14.7 Å². The van der Waals surface area contributed by atoms with E-state index in [1.807, 2.05) is 29.2 Å². The number of hydrogen-bond donors (Lipinski definition) is 1. The normalized spacial score (nSPS) is 18.7. The standard InChI is InChI=1S/C23H23NO3/c25-22-12-19-10-15(3-8-21(19)24(22)13-14-1-2-14)9-18-7-6-17(16-4-5-16)11-20(18)23(26)27/h3,6-8,10-11,14,16H,1-2,4-5,9,12-13H2,(H,26,27). The Morgan fingerprint density at radius 1 is 1.07 bits per heavy atom. The first kappa shape index (κ1) is 16.5. The lowest BCUT2D eigenvalue weighted by Crippen LogP contribution is -2.28. The van der Waals surface area contributed by atoms with Crippen LogP contribution in [0.4, 0.5) is 5.69 Å². The van der Waals surface area contributed by atoms with Crippen LogP contribution < -0.4 is 4.90 Å². The molecule has 2 aromatic rings. The van der Waals surface area contributed by atoms with Crippen LogP contribution in [0.2, 0.25) is 0 Å². The third-order valence-corrected chi connectivity index (χ3v) is 6.02. The van der Waals surface area contributed by atoms with Crippen molar-refractivity contribution in [2.24, 2.45) is 5.92 Å². The van der Waals surface area contributed by atoms with Gasteiger partial charge >= 0.3 is 5.97 Å². The Labute approximate surface area is 158 Å². The highest BCUT2D eigenvalue weighted by Crippen LogP contribution is 2.41. The van der Waals surface area contributed by atoms with E-state index in [4.69, 9.17) is 0 Å². The second-order valence-electron chi connectivity index (χ2n) is 8.26. The highest BCUT2D eigenvalue weighted by Gasteiger charge is 2.33. The Morgan fingerprint density at radius 3 is 2.59 bits per heavy atom. The minimum atomic E-state index is -0.862. The predicted octanol–water partition coefficient (Wildman–Crippen LogP) is 4.15. The van der Waals surface area contributed by atoms with Gasteiger partial charge in [-0.05, 0) is 78.3 Å². The topological polar surface area (TPSA) is 57.6 Å². The van der Waals surface area contributed by atoms with Crippen molar-refractivity contribution in [2.75, 3.05) is 11.4 Å². The van der Waals surface area contributed by atoms with Crippen LogP contribution in [0.15, 0.2) is 36.4 Å². The average molecular weight is 361 g/mol. The van der Waals surface area contributed by atoms with Crippen LogP contribution in [-0.4, -0.2) is 23.5 Å². The molecule has 0 saturated heterocycles. The lowest BCUT2D eigenvalue weighted by molar-refractivity contribution is -0.117. The molecule has 27 heavy (non-hydrogen) atoms. The first-order chi connectivity index (χ1) is 13.1. The van der Waals surface area contributed by atoms with E-state index >= 15 is 0 Å². The van der Waals surface area contributed by atoms with Crippen molar-refractivity contribution >= 4 is 17.6 Å². The molecule has 4 heteroatoms. The van der Waals surface area contributed by atoms with Crippen LogP contribution in [0, 0.1) is 5.92 Å². The molecule has 3 aliphatic rings. The van der Waals surface area contributed by atoms with Gasteiger partial charge in [-0.3, -0.25) is 4.79 Å². The van der Waals surface area contributed by atoms with Gasteiger partial charge in [-0.25, -0.2) is 4.79 Å². The lowest BCUT2D eigenvalue weighted by Gasteiger charge is -2.17. The number of nitrogens with zero attached hydrogens (tertiary/aromatic N) is 1. The summed E-state index contributed by atoms with van der Waals surface area (Å²) in [6, 6.07) is 12.1. The fourth-order valence-electron chi connectivity index (χ4n) is 4.14. The maximum atomic E-state index is 12.4. The van der Waals surface area contributed by atoms with Gasteiger partial charge in [0.2, 0.25) is 5.91 Å². The van der Waals surface area contributed by atoms with E-state index < -0.39 is 5.97 Å². The number of carboxylic acids is 1. The molecule has 1 N–H and O–H groups in total. The third kappa shape index (κ3) is 3.25. The van der Waals surface area contributed by atoms with Crippen molar-refractivity contribution in [1.29, 1.82) is 0 Å². The zero-order chi connectivity index (χ0) is 18.5. The molecule has 1 aliphatic heterocycles.